The molecule has 0 aromatic carbocycles. The highest BCUT2D eigenvalue weighted by molar-refractivity contribution is 5.89. The lowest BCUT2D eigenvalue weighted by molar-refractivity contribution is 0.208. The minimum absolute atomic E-state index is 0.0400. The maximum Gasteiger partial charge on any atom is 0.322 e. The van der Waals surface area contributed by atoms with Gasteiger partial charge < -0.3 is 10.2 Å². The van der Waals surface area contributed by atoms with Crippen LogP contribution in [0, 0.1) is 0 Å². The Kier molecular flexibility index (Phi) is 4.60. The Bertz CT molecular complexity index is 452. The molecule has 0 radical (unpaired) electrons. The average molecular weight is 262 g/mol. The Hall–Kier alpha value is -1.78. The molecule has 1 aromatic rings. The molecule has 0 fully saturated rings. The van der Waals surface area contributed by atoms with E-state index in [0.29, 0.717) is 6.54 Å². The lowest BCUT2D eigenvalue weighted by Gasteiger charge is -2.24. The fourth-order valence-electron chi connectivity index (χ4n) is 2.27. The summed E-state index contributed by atoms with van der Waals surface area (Å²) in [6, 6.07) is 0.197. The summed E-state index contributed by atoms with van der Waals surface area (Å²) in [6.07, 6.45) is 11.1. The van der Waals surface area contributed by atoms with Crippen LogP contribution in [-0.2, 0) is 6.54 Å². The lowest BCUT2D eigenvalue weighted by Crippen LogP contribution is -2.39. The molecule has 0 saturated carbocycles. The van der Waals surface area contributed by atoms with Gasteiger partial charge in [-0.2, -0.15) is 5.10 Å². The zero-order valence-electron chi connectivity index (χ0n) is 11.7. The van der Waals surface area contributed by atoms with E-state index >= 15 is 0 Å². The van der Waals surface area contributed by atoms with Crippen molar-refractivity contribution < 1.29 is 4.79 Å². The fraction of sp³-hybridized carbons (Fsp3) is 0.571. The van der Waals surface area contributed by atoms with Crippen molar-refractivity contribution in [2.75, 3.05) is 11.9 Å². The summed E-state index contributed by atoms with van der Waals surface area (Å²) in [7, 11) is 0. The number of amides is 2. The third kappa shape index (κ3) is 3.36. The van der Waals surface area contributed by atoms with Crippen LogP contribution >= 0.6 is 0 Å². The first kappa shape index (κ1) is 13.6. The second-order valence-electron chi connectivity index (χ2n) is 4.80. The van der Waals surface area contributed by atoms with Gasteiger partial charge in [0.2, 0.25) is 0 Å². The van der Waals surface area contributed by atoms with Crippen LogP contribution in [0.3, 0.4) is 0 Å². The summed E-state index contributed by atoms with van der Waals surface area (Å²) in [4.78, 5) is 14.1. The number of aryl methyl sites for hydroxylation is 1. The molecule has 2 rings (SSSR count). The van der Waals surface area contributed by atoms with E-state index in [1.165, 1.54) is 0 Å². The highest BCUT2D eigenvalue weighted by Crippen LogP contribution is 2.17. The molecular formula is C14H22N4O. The van der Waals surface area contributed by atoms with Crippen LogP contribution in [0.1, 0.15) is 33.1 Å². The van der Waals surface area contributed by atoms with Crippen LogP contribution in [-0.4, -0.2) is 33.3 Å². The molecule has 0 saturated heterocycles. The number of rotatable bonds is 5. The molecule has 1 aliphatic heterocycles. The predicted molar refractivity (Wildman–Crippen MR) is 76.1 cm³/mol. The van der Waals surface area contributed by atoms with E-state index in [-0.39, 0.29) is 12.1 Å². The molecule has 0 unspecified atom stereocenters. The summed E-state index contributed by atoms with van der Waals surface area (Å²) < 4.78 is 1.80. The molecule has 0 aliphatic carbocycles. The van der Waals surface area contributed by atoms with Crippen LogP contribution < -0.4 is 5.32 Å². The third-order valence-electron chi connectivity index (χ3n) is 3.38. The number of anilines is 1. The Morgan fingerprint density at radius 2 is 2.37 bits per heavy atom. The van der Waals surface area contributed by atoms with Gasteiger partial charge >= 0.3 is 6.03 Å². The Labute approximate surface area is 114 Å². The van der Waals surface area contributed by atoms with Gasteiger partial charge in [-0.1, -0.05) is 31.9 Å². The molecule has 2 amide bonds. The summed E-state index contributed by atoms with van der Waals surface area (Å²) in [5.74, 6) is 0. The smallest absolute Gasteiger partial charge is 0.314 e. The van der Waals surface area contributed by atoms with Gasteiger partial charge in [0.05, 0.1) is 17.9 Å². The van der Waals surface area contributed by atoms with Gasteiger partial charge in [0.1, 0.15) is 0 Å². The lowest BCUT2D eigenvalue weighted by atomic mass is 10.1. The van der Waals surface area contributed by atoms with Crippen molar-refractivity contribution in [2.24, 2.45) is 0 Å². The normalized spacial score (nSPS) is 18.0. The SMILES string of the molecule is CCCC[C@@H]1C=CCN1C(=O)Nc1cnn(CC)c1. The van der Waals surface area contributed by atoms with Crippen LogP contribution in [0.2, 0.25) is 0 Å². The molecular weight excluding hydrogens is 240 g/mol. The maximum absolute atomic E-state index is 12.2. The standard InChI is InChI=1S/C14H22N4O/c1-3-5-7-13-8-6-9-18(13)14(19)16-12-10-15-17(4-2)11-12/h6,8,10-11,13H,3-5,7,9H2,1-2H3,(H,16,19)/t13-/m1/s1. The first-order valence-corrected chi connectivity index (χ1v) is 7.01. The van der Waals surface area contributed by atoms with Crippen molar-refractivity contribution in [3.63, 3.8) is 0 Å². The third-order valence-corrected chi connectivity index (χ3v) is 3.38. The maximum atomic E-state index is 12.2. The van der Waals surface area contributed by atoms with E-state index in [0.717, 1.165) is 31.5 Å². The minimum atomic E-state index is -0.0400. The molecule has 1 N–H and O–H groups in total. The number of carbonyl (C=O) groups is 1. The monoisotopic (exact) mass is 262 g/mol. The van der Waals surface area contributed by atoms with Gasteiger partial charge in [-0.25, -0.2) is 4.79 Å². The van der Waals surface area contributed by atoms with Crippen LogP contribution in [0.4, 0.5) is 10.5 Å². The average Bonchev–Trinajstić information content (AvgIpc) is 3.04. The molecule has 104 valence electrons. The Balaban J connectivity index is 1.91. The van der Waals surface area contributed by atoms with Crippen LogP contribution in [0.15, 0.2) is 24.5 Å². The number of nitrogens with one attached hydrogen (secondary N) is 1. The molecule has 0 spiro atoms. The highest BCUT2D eigenvalue weighted by atomic mass is 16.2. The zero-order chi connectivity index (χ0) is 13.7. The summed E-state index contributed by atoms with van der Waals surface area (Å²) in [6.45, 7) is 5.69. The van der Waals surface area contributed by atoms with Gasteiger partial charge in [0.15, 0.2) is 0 Å². The number of nitrogens with zero attached hydrogens (tertiary/aromatic N) is 3. The molecule has 5 nitrogen and oxygen atoms in total. The van der Waals surface area contributed by atoms with E-state index in [4.69, 9.17) is 0 Å². The van der Waals surface area contributed by atoms with Gasteiger partial charge in [0.25, 0.3) is 0 Å². The Morgan fingerprint density at radius 3 is 3.05 bits per heavy atom. The van der Waals surface area contributed by atoms with Gasteiger partial charge in [0, 0.05) is 19.3 Å². The number of aromatic nitrogens is 2. The van der Waals surface area contributed by atoms with E-state index in [1.807, 2.05) is 18.0 Å². The second kappa shape index (κ2) is 6.41. The zero-order valence-corrected chi connectivity index (χ0v) is 11.7. The van der Waals surface area contributed by atoms with E-state index in [9.17, 15) is 4.79 Å². The largest absolute Gasteiger partial charge is 0.322 e. The molecule has 1 atom stereocenters. The summed E-state index contributed by atoms with van der Waals surface area (Å²) in [5, 5.41) is 7.06. The number of unbranched alkanes of at least 4 members (excludes halogenated alkanes) is 1. The first-order valence-electron chi connectivity index (χ1n) is 7.01. The summed E-state index contributed by atoms with van der Waals surface area (Å²) in [5.41, 5.74) is 0.757. The van der Waals surface area contributed by atoms with Gasteiger partial charge in [-0.15, -0.1) is 0 Å². The molecule has 1 aromatic heterocycles. The van der Waals surface area contributed by atoms with Crippen LogP contribution in [0.5, 0.6) is 0 Å². The van der Waals surface area contributed by atoms with Gasteiger partial charge in [-0.3, -0.25) is 4.68 Å². The van der Waals surface area contributed by atoms with Crippen molar-refractivity contribution in [2.45, 2.75) is 45.7 Å². The van der Waals surface area contributed by atoms with E-state index in [1.54, 1.807) is 10.9 Å². The molecule has 5 heteroatoms. The van der Waals surface area contributed by atoms with Gasteiger partial charge in [-0.05, 0) is 13.3 Å². The molecule has 19 heavy (non-hydrogen) atoms. The highest BCUT2D eigenvalue weighted by Gasteiger charge is 2.24. The number of urea groups is 1. The fourth-order valence-corrected chi connectivity index (χ4v) is 2.27. The van der Waals surface area contributed by atoms with E-state index < -0.39 is 0 Å². The van der Waals surface area contributed by atoms with Crippen molar-refractivity contribution in [3.8, 4) is 0 Å². The topological polar surface area (TPSA) is 50.2 Å². The molecule has 1 aliphatic rings. The van der Waals surface area contributed by atoms with Crippen molar-refractivity contribution in [3.05, 3.63) is 24.5 Å². The minimum Gasteiger partial charge on any atom is -0.314 e. The first-order chi connectivity index (χ1) is 9.24. The van der Waals surface area contributed by atoms with Crippen molar-refractivity contribution >= 4 is 11.7 Å². The van der Waals surface area contributed by atoms with Crippen molar-refractivity contribution in [1.82, 2.24) is 14.7 Å². The van der Waals surface area contributed by atoms with Crippen LogP contribution in [0.25, 0.3) is 0 Å². The Morgan fingerprint density at radius 1 is 1.53 bits per heavy atom. The van der Waals surface area contributed by atoms with E-state index in [2.05, 4.69) is 29.5 Å². The predicted octanol–water partition coefficient (Wildman–Crippen LogP) is 2.87. The second-order valence-corrected chi connectivity index (χ2v) is 4.80. The number of hydrogen-bond acceptors (Lipinski definition) is 2. The number of hydrogen-bond donors (Lipinski definition) is 1. The molecule has 2 heterocycles. The molecule has 0 bridgehead atoms. The summed E-state index contributed by atoms with van der Waals surface area (Å²) >= 11 is 0. The van der Waals surface area contributed by atoms with Crippen molar-refractivity contribution in [1.29, 1.82) is 0 Å². The quantitative estimate of drug-likeness (QED) is 0.829. The number of carbonyl (C=O) groups excluding carboxylic acids is 1.